The minimum atomic E-state index is -0.596. The van der Waals surface area contributed by atoms with Gasteiger partial charge in [0.1, 0.15) is 5.82 Å². The van der Waals surface area contributed by atoms with E-state index in [-0.39, 0.29) is 5.56 Å². The van der Waals surface area contributed by atoms with Gasteiger partial charge in [-0.25, -0.2) is 9.78 Å². The van der Waals surface area contributed by atoms with Gasteiger partial charge < -0.3 is 4.74 Å². The number of aryl methyl sites for hydroxylation is 2. The van der Waals surface area contributed by atoms with Gasteiger partial charge in [0.05, 0.1) is 17.0 Å². The van der Waals surface area contributed by atoms with E-state index in [9.17, 15) is 9.59 Å². The van der Waals surface area contributed by atoms with Crippen LogP contribution in [0.25, 0.3) is 28.2 Å². The second-order valence-corrected chi connectivity index (χ2v) is 10.8. The zero-order valence-corrected chi connectivity index (χ0v) is 24.7. The number of aromatic amines is 1. The summed E-state index contributed by atoms with van der Waals surface area (Å²) < 4.78 is 12.1. The maximum absolute atomic E-state index is 14.1. The summed E-state index contributed by atoms with van der Waals surface area (Å²) in [7, 11) is 1.69. The third kappa shape index (κ3) is 5.76. The molecule has 0 saturated carbocycles. The fourth-order valence-corrected chi connectivity index (χ4v) is 5.20. The van der Waals surface area contributed by atoms with Gasteiger partial charge in [-0.3, -0.25) is 18.9 Å². The second kappa shape index (κ2) is 12.1. The van der Waals surface area contributed by atoms with Gasteiger partial charge >= 0.3 is 5.76 Å². The molecule has 3 aromatic carbocycles. The molecule has 0 amide bonds. The number of rotatable bonds is 10. The summed E-state index contributed by atoms with van der Waals surface area (Å²) in [6.45, 7) is 8.17. The van der Waals surface area contributed by atoms with E-state index in [2.05, 4.69) is 17.1 Å². The molecule has 5 aromatic rings. The highest BCUT2D eigenvalue weighted by molar-refractivity contribution is 5.80. The van der Waals surface area contributed by atoms with Crippen LogP contribution in [0, 0.1) is 0 Å². The van der Waals surface area contributed by atoms with Crippen molar-refractivity contribution in [2.75, 3.05) is 7.11 Å². The zero-order chi connectivity index (χ0) is 29.9. The molecule has 1 N–H and O–H groups in total. The van der Waals surface area contributed by atoms with Gasteiger partial charge in [-0.05, 0) is 54.7 Å². The molecule has 0 spiro atoms. The Labute approximate surface area is 245 Å². The van der Waals surface area contributed by atoms with Crippen LogP contribution in [0.1, 0.15) is 62.3 Å². The minimum absolute atomic E-state index is 0.0338. The van der Waals surface area contributed by atoms with Gasteiger partial charge in [0.25, 0.3) is 5.56 Å². The predicted molar refractivity (Wildman–Crippen MR) is 164 cm³/mol. The summed E-state index contributed by atoms with van der Waals surface area (Å²) in [6.07, 6.45) is 2.74. The quantitative estimate of drug-likeness (QED) is 0.216. The van der Waals surface area contributed by atoms with E-state index in [0.717, 1.165) is 57.9 Å². The molecule has 5 rings (SSSR count). The third-order valence-corrected chi connectivity index (χ3v) is 7.73. The van der Waals surface area contributed by atoms with Gasteiger partial charge in [0.2, 0.25) is 0 Å². The molecule has 8 nitrogen and oxygen atoms in total. The Morgan fingerprint density at radius 3 is 2.21 bits per heavy atom. The van der Waals surface area contributed by atoms with E-state index in [1.165, 1.54) is 0 Å². The maximum atomic E-state index is 14.1. The summed E-state index contributed by atoms with van der Waals surface area (Å²) in [6, 6.07) is 23.8. The molecule has 216 valence electrons. The van der Waals surface area contributed by atoms with Crippen molar-refractivity contribution in [2.24, 2.45) is 0 Å². The number of nitrogens with zero attached hydrogens (tertiary/aromatic N) is 3. The number of methoxy groups -OCH3 is 1. The van der Waals surface area contributed by atoms with Crippen LogP contribution in [0.4, 0.5) is 0 Å². The van der Waals surface area contributed by atoms with Crippen molar-refractivity contribution >= 4 is 0 Å². The van der Waals surface area contributed by atoms with Gasteiger partial charge in [0.15, 0.2) is 5.82 Å². The van der Waals surface area contributed by atoms with Crippen molar-refractivity contribution in [2.45, 2.75) is 59.0 Å². The highest BCUT2D eigenvalue weighted by Gasteiger charge is 2.21. The van der Waals surface area contributed by atoms with E-state index in [1.54, 1.807) is 11.7 Å². The number of ether oxygens (including phenoxy) is 1. The first-order chi connectivity index (χ1) is 20.2. The summed E-state index contributed by atoms with van der Waals surface area (Å²) >= 11 is 0. The van der Waals surface area contributed by atoms with Gasteiger partial charge in [-0.2, -0.15) is 0 Å². The van der Waals surface area contributed by atoms with Crippen molar-refractivity contribution in [1.29, 1.82) is 0 Å². The van der Waals surface area contributed by atoms with Crippen LogP contribution in [0.5, 0.6) is 0 Å². The number of benzene rings is 3. The fraction of sp³-hybridized carbons (Fsp3) is 0.294. The zero-order valence-electron chi connectivity index (χ0n) is 24.7. The number of H-pyrrole nitrogens is 1. The van der Waals surface area contributed by atoms with Crippen LogP contribution in [0.3, 0.4) is 0 Å². The first kappa shape index (κ1) is 29.0. The standard InChI is InChI=1S/C34H36N4O4/c1-6-10-29-28(32(39)38(30(7-2)35-29)25-19-17-24(18-20-25)34(3,4)41-5)21-22-13-15-23(16-14-22)26-11-8-9-12-27(26)31-36-33(40)42-37-31/h8-9,11-20H,6-7,10,21H2,1-5H3,(H,36,37,40). The Morgan fingerprint density at radius 1 is 0.929 bits per heavy atom. The SMILES string of the molecule is CCCc1nc(CC)n(-c2ccc(C(C)(C)OC)cc2)c(=O)c1Cc1ccc(-c2ccccc2-c2noc(=O)[nH]2)cc1. The number of aromatic nitrogens is 4. The minimum Gasteiger partial charge on any atom is -0.374 e. The Kier molecular flexibility index (Phi) is 8.36. The first-order valence-electron chi connectivity index (χ1n) is 14.3. The van der Waals surface area contributed by atoms with E-state index >= 15 is 0 Å². The fourth-order valence-electron chi connectivity index (χ4n) is 5.20. The van der Waals surface area contributed by atoms with Gasteiger partial charge in [0, 0.05) is 31.1 Å². The summed E-state index contributed by atoms with van der Waals surface area (Å²) in [5.74, 6) is 0.537. The van der Waals surface area contributed by atoms with E-state index in [1.807, 2.05) is 93.6 Å². The summed E-state index contributed by atoms with van der Waals surface area (Å²) in [5.41, 5.74) is 6.59. The molecule has 2 aromatic heterocycles. The van der Waals surface area contributed by atoms with Gasteiger partial charge in [-0.15, -0.1) is 0 Å². The molecule has 0 saturated heterocycles. The monoisotopic (exact) mass is 564 g/mol. The molecule has 0 atom stereocenters. The summed E-state index contributed by atoms with van der Waals surface area (Å²) in [5, 5.41) is 3.86. The van der Waals surface area contributed by atoms with E-state index in [0.29, 0.717) is 24.2 Å². The molecule has 0 aliphatic heterocycles. The number of nitrogens with one attached hydrogen (secondary N) is 1. The Hall–Kier alpha value is -4.56. The molecule has 0 aliphatic carbocycles. The molecule has 0 fully saturated rings. The average molecular weight is 565 g/mol. The Morgan fingerprint density at radius 2 is 1.62 bits per heavy atom. The van der Waals surface area contributed by atoms with Crippen molar-refractivity contribution in [3.05, 3.63) is 122 Å². The molecule has 42 heavy (non-hydrogen) atoms. The van der Waals surface area contributed by atoms with Crippen molar-refractivity contribution in [3.63, 3.8) is 0 Å². The molecular weight excluding hydrogens is 528 g/mol. The van der Waals surface area contributed by atoms with Crippen LogP contribution >= 0.6 is 0 Å². The van der Waals surface area contributed by atoms with Crippen LogP contribution in [0.2, 0.25) is 0 Å². The van der Waals surface area contributed by atoms with Crippen molar-refractivity contribution in [3.8, 4) is 28.2 Å². The highest BCUT2D eigenvalue weighted by atomic mass is 16.5. The lowest BCUT2D eigenvalue weighted by Gasteiger charge is -2.24. The maximum Gasteiger partial charge on any atom is 0.439 e. The predicted octanol–water partition coefficient (Wildman–Crippen LogP) is 6.23. The normalized spacial score (nSPS) is 11.6. The highest BCUT2D eigenvalue weighted by Crippen LogP contribution is 2.30. The lowest BCUT2D eigenvalue weighted by atomic mass is 9.96. The lowest BCUT2D eigenvalue weighted by Crippen LogP contribution is -2.29. The van der Waals surface area contributed by atoms with Crippen molar-refractivity contribution < 1.29 is 9.26 Å². The number of hydrogen-bond donors (Lipinski definition) is 1. The van der Waals surface area contributed by atoms with Crippen LogP contribution in [0.15, 0.2) is 86.9 Å². The molecule has 8 heteroatoms. The Balaban J connectivity index is 1.52. The van der Waals surface area contributed by atoms with Crippen molar-refractivity contribution in [1.82, 2.24) is 19.7 Å². The lowest BCUT2D eigenvalue weighted by molar-refractivity contribution is 0.0192. The topological polar surface area (TPSA) is 103 Å². The van der Waals surface area contributed by atoms with Crippen LogP contribution < -0.4 is 11.3 Å². The molecular formula is C34H36N4O4. The summed E-state index contributed by atoms with van der Waals surface area (Å²) in [4.78, 5) is 33.3. The third-order valence-electron chi connectivity index (χ3n) is 7.73. The first-order valence-corrected chi connectivity index (χ1v) is 14.3. The molecule has 0 unspecified atom stereocenters. The van der Waals surface area contributed by atoms with Crippen LogP contribution in [-0.4, -0.2) is 26.8 Å². The largest absolute Gasteiger partial charge is 0.439 e. The molecule has 0 radical (unpaired) electrons. The molecule has 2 heterocycles. The van der Waals surface area contributed by atoms with Gasteiger partial charge in [-0.1, -0.05) is 86.1 Å². The number of hydrogen-bond acceptors (Lipinski definition) is 6. The smallest absolute Gasteiger partial charge is 0.374 e. The molecule has 0 bridgehead atoms. The Bertz CT molecular complexity index is 1800. The second-order valence-electron chi connectivity index (χ2n) is 10.8. The van der Waals surface area contributed by atoms with E-state index in [4.69, 9.17) is 14.2 Å². The van der Waals surface area contributed by atoms with E-state index < -0.39 is 11.4 Å². The molecule has 0 aliphatic rings. The average Bonchev–Trinajstić information content (AvgIpc) is 3.45. The van der Waals surface area contributed by atoms with Crippen LogP contribution in [-0.2, 0) is 29.6 Å².